The van der Waals surface area contributed by atoms with Crippen LogP contribution in [0, 0.1) is 13.8 Å². The molecule has 0 bridgehead atoms. The number of benzene rings is 2. The molecule has 4 heteroatoms. The molecule has 192 valence electrons. The third-order valence-corrected chi connectivity index (χ3v) is 10.5. The molecular weight excluding hydrogens is 513 g/mol. The van der Waals surface area contributed by atoms with Gasteiger partial charge in [0.1, 0.15) is 14.1 Å². The summed E-state index contributed by atoms with van der Waals surface area (Å²) in [5.41, 5.74) is 11.2. The van der Waals surface area contributed by atoms with Gasteiger partial charge in [0.05, 0.1) is 10.8 Å². The standard InChI is InChI=1S/C35H32N2S2/c1-22-30(20-34(38-22)28-12-6-16-32-26(28)14-8-18-36(32)3)24-10-5-11-25(24)31-21-35(39-23(31)2)29-13-7-17-33-27(29)15-9-19-37(33)4/h6-9,12-21H,5,10-11H2,1-4H3/q+2. The number of rotatable bonds is 4. The van der Waals surface area contributed by atoms with E-state index in [9.17, 15) is 0 Å². The van der Waals surface area contributed by atoms with Gasteiger partial charge in [-0.25, -0.2) is 9.13 Å². The molecule has 1 aliphatic carbocycles. The van der Waals surface area contributed by atoms with Crippen LogP contribution in [0.3, 0.4) is 0 Å². The number of aromatic nitrogens is 2. The lowest BCUT2D eigenvalue weighted by atomic mass is 9.96. The molecule has 0 fully saturated rings. The maximum atomic E-state index is 2.47. The normalized spacial score (nSPS) is 13.7. The average molecular weight is 545 g/mol. The smallest absolute Gasteiger partial charge is 0.201 e. The van der Waals surface area contributed by atoms with Crippen molar-refractivity contribution in [2.75, 3.05) is 0 Å². The Labute approximate surface area is 238 Å². The highest BCUT2D eigenvalue weighted by molar-refractivity contribution is 7.16. The lowest BCUT2D eigenvalue weighted by molar-refractivity contribution is -0.645. The summed E-state index contributed by atoms with van der Waals surface area (Å²) in [5, 5.41) is 2.63. The highest BCUT2D eigenvalue weighted by atomic mass is 32.1. The van der Waals surface area contributed by atoms with Crippen LogP contribution in [-0.2, 0) is 14.1 Å². The molecule has 0 aliphatic heterocycles. The van der Waals surface area contributed by atoms with Crippen molar-refractivity contribution in [1.82, 2.24) is 0 Å². The summed E-state index contributed by atoms with van der Waals surface area (Å²) in [5.74, 6) is 0. The second kappa shape index (κ2) is 9.55. The number of hydrogen-bond donors (Lipinski definition) is 0. The van der Waals surface area contributed by atoms with Crippen molar-refractivity contribution in [2.24, 2.45) is 14.1 Å². The molecule has 4 heterocycles. The molecule has 0 N–H and O–H groups in total. The van der Waals surface area contributed by atoms with Crippen LogP contribution >= 0.6 is 22.7 Å². The van der Waals surface area contributed by atoms with Crippen LogP contribution in [0.4, 0.5) is 0 Å². The first-order valence-corrected chi connectivity index (χ1v) is 15.3. The van der Waals surface area contributed by atoms with Gasteiger partial charge < -0.3 is 0 Å². The number of pyridine rings is 2. The van der Waals surface area contributed by atoms with Gasteiger partial charge in [0, 0.05) is 54.9 Å². The zero-order chi connectivity index (χ0) is 26.7. The molecule has 39 heavy (non-hydrogen) atoms. The number of hydrogen-bond acceptors (Lipinski definition) is 2. The maximum Gasteiger partial charge on any atom is 0.212 e. The van der Waals surface area contributed by atoms with Crippen molar-refractivity contribution >= 4 is 55.6 Å². The van der Waals surface area contributed by atoms with Crippen molar-refractivity contribution in [3.8, 4) is 20.9 Å². The van der Waals surface area contributed by atoms with E-state index in [2.05, 4.69) is 122 Å². The summed E-state index contributed by atoms with van der Waals surface area (Å²) in [6, 6.07) is 27.1. The van der Waals surface area contributed by atoms with Crippen LogP contribution in [0.25, 0.3) is 53.8 Å². The monoisotopic (exact) mass is 544 g/mol. The average Bonchev–Trinajstić information content (AvgIpc) is 3.66. The van der Waals surface area contributed by atoms with E-state index in [0.29, 0.717) is 0 Å². The SMILES string of the molecule is Cc1sc(-c2cccc3c2ccc[n+]3C)cc1C1=C(c2cc(-c3cccc4c3ccc[n+]4C)sc2C)CCC1. The molecule has 7 rings (SSSR count). The zero-order valence-corrected chi connectivity index (χ0v) is 24.5. The molecule has 0 saturated heterocycles. The molecule has 0 radical (unpaired) electrons. The molecule has 2 aromatic carbocycles. The minimum absolute atomic E-state index is 1.16. The summed E-state index contributed by atoms with van der Waals surface area (Å²) in [4.78, 5) is 5.58. The summed E-state index contributed by atoms with van der Waals surface area (Å²) in [7, 11) is 4.26. The van der Waals surface area contributed by atoms with Crippen LogP contribution in [0.1, 0.15) is 40.1 Å². The van der Waals surface area contributed by atoms with Gasteiger partial charge in [-0.05, 0) is 79.6 Å². The Morgan fingerprint density at radius 2 is 1.03 bits per heavy atom. The largest absolute Gasteiger partial charge is 0.212 e. The minimum Gasteiger partial charge on any atom is -0.201 e. The van der Waals surface area contributed by atoms with Gasteiger partial charge in [-0.2, -0.15) is 0 Å². The Morgan fingerprint density at radius 3 is 1.49 bits per heavy atom. The van der Waals surface area contributed by atoms with E-state index in [4.69, 9.17) is 0 Å². The van der Waals surface area contributed by atoms with Crippen molar-refractivity contribution in [3.05, 3.63) is 106 Å². The topological polar surface area (TPSA) is 7.76 Å². The van der Waals surface area contributed by atoms with Gasteiger partial charge >= 0.3 is 0 Å². The van der Waals surface area contributed by atoms with Gasteiger partial charge in [-0.15, -0.1) is 22.7 Å². The van der Waals surface area contributed by atoms with Crippen LogP contribution in [0.2, 0.25) is 0 Å². The van der Waals surface area contributed by atoms with Gasteiger partial charge in [0.25, 0.3) is 0 Å². The molecule has 4 aromatic heterocycles. The molecule has 6 aromatic rings. The first-order chi connectivity index (χ1) is 19.0. The summed E-state index contributed by atoms with van der Waals surface area (Å²) in [6.07, 6.45) is 7.80. The first kappa shape index (κ1) is 24.4. The fourth-order valence-corrected chi connectivity index (χ4v) is 8.54. The lowest BCUT2D eigenvalue weighted by Gasteiger charge is -2.08. The first-order valence-electron chi connectivity index (χ1n) is 13.7. The van der Waals surface area contributed by atoms with Crippen molar-refractivity contribution in [2.45, 2.75) is 33.1 Å². The zero-order valence-electron chi connectivity index (χ0n) is 22.9. The number of fused-ring (bicyclic) bond motifs is 2. The Hall–Kier alpha value is -3.60. The molecule has 0 amide bonds. The molecular formula is C35H32N2S2+2. The Balaban J connectivity index is 1.34. The van der Waals surface area contributed by atoms with Crippen molar-refractivity contribution in [3.63, 3.8) is 0 Å². The maximum absolute atomic E-state index is 2.47. The van der Waals surface area contributed by atoms with E-state index in [1.165, 1.54) is 70.0 Å². The second-order valence-electron chi connectivity index (χ2n) is 10.7. The van der Waals surface area contributed by atoms with Gasteiger partial charge in [0.2, 0.25) is 11.0 Å². The van der Waals surface area contributed by atoms with Crippen LogP contribution in [0.15, 0.2) is 85.2 Å². The van der Waals surface area contributed by atoms with Crippen molar-refractivity contribution in [1.29, 1.82) is 0 Å². The third-order valence-electron chi connectivity index (χ3n) is 8.31. The van der Waals surface area contributed by atoms with E-state index in [0.717, 1.165) is 12.8 Å². The fraction of sp³-hybridized carbons (Fsp3) is 0.200. The van der Waals surface area contributed by atoms with Crippen molar-refractivity contribution < 1.29 is 9.13 Å². The van der Waals surface area contributed by atoms with Crippen LogP contribution in [0.5, 0.6) is 0 Å². The Bertz CT molecular complexity index is 1800. The van der Waals surface area contributed by atoms with E-state index in [1.54, 1.807) is 11.1 Å². The minimum atomic E-state index is 1.16. The van der Waals surface area contributed by atoms with Crippen LogP contribution < -0.4 is 9.13 Å². The predicted molar refractivity (Wildman–Crippen MR) is 167 cm³/mol. The third kappa shape index (κ3) is 4.05. The summed E-state index contributed by atoms with van der Waals surface area (Å²) in [6.45, 7) is 4.61. The molecule has 0 spiro atoms. The van der Waals surface area contributed by atoms with Crippen LogP contribution in [-0.4, -0.2) is 0 Å². The number of thiophene rings is 2. The Morgan fingerprint density at radius 1 is 0.564 bits per heavy atom. The Kier molecular flexibility index (Phi) is 5.98. The summed E-state index contributed by atoms with van der Waals surface area (Å²) < 4.78 is 4.43. The number of aryl methyl sites for hydroxylation is 4. The molecule has 0 atom stereocenters. The van der Waals surface area contributed by atoms with Gasteiger partial charge in [0.15, 0.2) is 12.4 Å². The lowest BCUT2D eigenvalue weighted by Crippen LogP contribution is -2.27. The highest BCUT2D eigenvalue weighted by Crippen LogP contribution is 2.48. The quantitative estimate of drug-likeness (QED) is 0.196. The molecule has 2 nitrogen and oxygen atoms in total. The molecule has 1 aliphatic rings. The molecule has 0 unspecified atom stereocenters. The second-order valence-corrected chi connectivity index (χ2v) is 13.2. The molecule has 0 saturated carbocycles. The van der Waals surface area contributed by atoms with Gasteiger partial charge in [-0.1, -0.05) is 24.3 Å². The predicted octanol–water partition coefficient (Wildman–Crippen LogP) is 8.81. The number of nitrogens with zero attached hydrogens (tertiary/aromatic N) is 2. The van der Waals surface area contributed by atoms with E-state index < -0.39 is 0 Å². The van der Waals surface area contributed by atoms with E-state index in [1.807, 2.05) is 22.7 Å². The van der Waals surface area contributed by atoms with E-state index in [-0.39, 0.29) is 0 Å². The number of allylic oxidation sites excluding steroid dienone is 2. The fourth-order valence-electron chi connectivity index (χ4n) is 6.37. The van der Waals surface area contributed by atoms with E-state index >= 15 is 0 Å². The summed E-state index contributed by atoms with van der Waals surface area (Å²) >= 11 is 3.88. The highest BCUT2D eigenvalue weighted by Gasteiger charge is 2.24. The van der Waals surface area contributed by atoms with Gasteiger partial charge in [-0.3, -0.25) is 0 Å².